The van der Waals surface area contributed by atoms with E-state index in [2.05, 4.69) is 20.9 Å². The van der Waals surface area contributed by atoms with Gasteiger partial charge in [-0.2, -0.15) is 4.98 Å². The summed E-state index contributed by atoms with van der Waals surface area (Å²) in [5, 5.41) is 0.503. The first-order valence-electron chi connectivity index (χ1n) is 6.78. The zero-order valence-corrected chi connectivity index (χ0v) is 15.2. The second kappa shape index (κ2) is 7.44. The molecular weight excluding hydrogens is 390 g/mol. The van der Waals surface area contributed by atoms with Crippen molar-refractivity contribution in [1.29, 1.82) is 0 Å². The molecule has 1 aromatic heterocycles. The maximum absolute atomic E-state index is 13.6. The van der Waals surface area contributed by atoms with Crippen LogP contribution in [0, 0.1) is 11.6 Å². The zero-order valence-electron chi connectivity index (χ0n) is 12.8. The van der Waals surface area contributed by atoms with Gasteiger partial charge in [0.15, 0.2) is 5.16 Å². The van der Waals surface area contributed by atoms with Gasteiger partial charge >= 0.3 is 0 Å². The SMILES string of the molecule is CSc1nc(OCc2ccc(F)cc2F)c(Br)c(=O)n1C(C)C. The number of aromatic nitrogens is 2. The summed E-state index contributed by atoms with van der Waals surface area (Å²) in [5.74, 6) is -1.28. The Labute approximate surface area is 145 Å². The van der Waals surface area contributed by atoms with Gasteiger partial charge in [-0.15, -0.1) is 0 Å². The predicted molar refractivity (Wildman–Crippen MR) is 89.1 cm³/mol. The van der Waals surface area contributed by atoms with Gasteiger partial charge in [-0.3, -0.25) is 9.36 Å². The fourth-order valence-corrected chi connectivity index (χ4v) is 3.01. The van der Waals surface area contributed by atoms with Gasteiger partial charge in [0.2, 0.25) is 5.88 Å². The van der Waals surface area contributed by atoms with E-state index in [9.17, 15) is 13.6 Å². The molecule has 1 aromatic carbocycles. The van der Waals surface area contributed by atoms with E-state index in [0.717, 1.165) is 12.1 Å². The normalized spacial score (nSPS) is 11.1. The van der Waals surface area contributed by atoms with Gasteiger partial charge in [0.05, 0.1) is 0 Å². The Morgan fingerprint density at radius 2 is 2.09 bits per heavy atom. The summed E-state index contributed by atoms with van der Waals surface area (Å²) in [6, 6.07) is 3.17. The summed E-state index contributed by atoms with van der Waals surface area (Å²) in [4.78, 5) is 16.7. The Morgan fingerprint density at radius 3 is 2.65 bits per heavy atom. The molecule has 0 amide bonds. The molecule has 8 heteroatoms. The molecule has 0 spiro atoms. The van der Waals surface area contributed by atoms with Gasteiger partial charge in [0, 0.05) is 17.7 Å². The summed E-state index contributed by atoms with van der Waals surface area (Å²) in [6.45, 7) is 3.60. The molecule has 0 aliphatic rings. The number of rotatable bonds is 5. The summed E-state index contributed by atoms with van der Waals surface area (Å²) in [7, 11) is 0. The minimum absolute atomic E-state index is 0.0580. The van der Waals surface area contributed by atoms with Gasteiger partial charge in [0.25, 0.3) is 5.56 Å². The lowest BCUT2D eigenvalue weighted by atomic mass is 10.2. The van der Waals surface area contributed by atoms with Crippen molar-refractivity contribution in [2.75, 3.05) is 6.26 Å². The molecule has 1 heterocycles. The molecule has 0 N–H and O–H groups in total. The first-order valence-corrected chi connectivity index (χ1v) is 8.79. The van der Waals surface area contributed by atoms with Crippen LogP contribution in [-0.2, 0) is 6.61 Å². The molecule has 0 saturated carbocycles. The van der Waals surface area contributed by atoms with Crippen molar-refractivity contribution >= 4 is 27.7 Å². The third-order valence-electron chi connectivity index (χ3n) is 3.08. The lowest BCUT2D eigenvalue weighted by Gasteiger charge is -2.16. The van der Waals surface area contributed by atoms with Crippen LogP contribution in [0.25, 0.3) is 0 Å². The molecule has 0 radical (unpaired) electrons. The molecule has 0 aliphatic carbocycles. The molecule has 23 heavy (non-hydrogen) atoms. The van der Waals surface area contributed by atoms with E-state index in [1.807, 2.05) is 13.8 Å². The monoisotopic (exact) mass is 404 g/mol. The Bertz CT molecular complexity index is 781. The molecule has 0 atom stereocenters. The Balaban J connectivity index is 2.33. The van der Waals surface area contributed by atoms with Crippen LogP contribution in [0.15, 0.2) is 32.6 Å². The molecule has 0 bridgehead atoms. The van der Waals surface area contributed by atoms with Crippen LogP contribution in [0.1, 0.15) is 25.5 Å². The van der Waals surface area contributed by atoms with Crippen molar-refractivity contribution in [3.8, 4) is 5.88 Å². The largest absolute Gasteiger partial charge is 0.472 e. The van der Waals surface area contributed by atoms with Crippen LogP contribution in [0.3, 0.4) is 0 Å². The second-order valence-electron chi connectivity index (χ2n) is 5.01. The topological polar surface area (TPSA) is 44.1 Å². The van der Waals surface area contributed by atoms with Gasteiger partial charge in [0.1, 0.15) is 22.7 Å². The maximum Gasteiger partial charge on any atom is 0.272 e. The second-order valence-corrected chi connectivity index (χ2v) is 6.58. The van der Waals surface area contributed by atoms with E-state index in [0.29, 0.717) is 5.16 Å². The van der Waals surface area contributed by atoms with Crippen LogP contribution in [0.2, 0.25) is 0 Å². The highest BCUT2D eigenvalue weighted by molar-refractivity contribution is 9.10. The predicted octanol–water partition coefficient (Wildman–Crippen LogP) is 4.17. The molecule has 4 nitrogen and oxygen atoms in total. The molecule has 2 rings (SSSR count). The van der Waals surface area contributed by atoms with E-state index in [4.69, 9.17) is 4.74 Å². The number of hydrogen-bond donors (Lipinski definition) is 0. The fourth-order valence-electron chi connectivity index (χ4n) is 1.95. The number of nitrogens with zero attached hydrogens (tertiary/aromatic N) is 2. The zero-order chi connectivity index (χ0) is 17.1. The van der Waals surface area contributed by atoms with Crippen molar-refractivity contribution in [1.82, 2.24) is 9.55 Å². The van der Waals surface area contributed by atoms with Gasteiger partial charge in [-0.05, 0) is 48.2 Å². The van der Waals surface area contributed by atoms with Gasteiger partial charge in [-0.1, -0.05) is 11.8 Å². The molecule has 0 fully saturated rings. The summed E-state index contributed by atoms with van der Waals surface area (Å²) >= 11 is 4.50. The fraction of sp³-hybridized carbons (Fsp3) is 0.333. The maximum atomic E-state index is 13.6. The highest BCUT2D eigenvalue weighted by Gasteiger charge is 2.18. The van der Waals surface area contributed by atoms with Crippen LogP contribution < -0.4 is 10.3 Å². The summed E-state index contributed by atoms with van der Waals surface area (Å²) in [5.41, 5.74) is -0.0900. The number of thioether (sulfide) groups is 1. The van der Waals surface area contributed by atoms with E-state index < -0.39 is 11.6 Å². The average Bonchev–Trinajstić information content (AvgIpc) is 2.49. The third-order valence-corrected chi connectivity index (χ3v) is 4.41. The molecule has 124 valence electrons. The van der Waals surface area contributed by atoms with Crippen molar-refractivity contribution in [3.63, 3.8) is 0 Å². The number of hydrogen-bond acceptors (Lipinski definition) is 4. The van der Waals surface area contributed by atoms with Crippen LogP contribution in [0.5, 0.6) is 5.88 Å². The van der Waals surface area contributed by atoms with E-state index in [1.165, 1.54) is 17.8 Å². The molecule has 0 unspecified atom stereocenters. The number of halogens is 3. The number of benzene rings is 1. The Hall–Kier alpha value is -1.41. The van der Waals surface area contributed by atoms with Crippen LogP contribution >= 0.6 is 27.7 Å². The first-order chi connectivity index (χ1) is 10.8. The standard InChI is InChI=1S/C15H15BrF2N2O2S/c1-8(2)20-14(21)12(16)13(19-15(20)23-3)22-7-9-4-5-10(17)6-11(9)18/h4-6,8H,7H2,1-3H3. The molecule has 0 saturated heterocycles. The van der Waals surface area contributed by atoms with E-state index in [-0.39, 0.29) is 34.1 Å². The van der Waals surface area contributed by atoms with Crippen molar-refractivity contribution in [2.24, 2.45) is 0 Å². The van der Waals surface area contributed by atoms with Gasteiger partial charge in [-0.25, -0.2) is 8.78 Å². The highest BCUT2D eigenvalue weighted by atomic mass is 79.9. The third kappa shape index (κ3) is 3.92. The number of ether oxygens (including phenoxy) is 1. The summed E-state index contributed by atoms with van der Waals surface area (Å²) in [6.07, 6.45) is 1.80. The quantitative estimate of drug-likeness (QED) is 0.554. The van der Waals surface area contributed by atoms with Crippen molar-refractivity contribution < 1.29 is 13.5 Å². The van der Waals surface area contributed by atoms with Crippen molar-refractivity contribution in [2.45, 2.75) is 31.7 Å². The molecular formula is C15H15BrF2N2O2S. The van der Waals surface area contributed by atoms with Crippen LogP contribution in [0.4, 0.5) is 8.78 Å². The molecule has 0 aliphatic heterocycles. The highest BCUT2D eigenvalue weighted by Crippen LogP contribution is 2.25. The van der Waals surface area contributed by atoms with Crippen LogP contribution in [-0.4, -0.2) is 15.8 Å². The van der Waals surface area contributed by atoms with Crippen molar-refractivity contribution in [3.05, 3.63) is 50.2 Å². The van der Waals surface area contributed by atoms with Gasteiger partial charge < -0.3 is 4.74 Å². The molecule has 2 aromatic rings. The first kappa shape index (κ1) is 17.9. The minimum Gasteiger partial charge on any atom is -0.472 e. The Morgan fingerprint density at radius 1 is 1.39 bits per heavy atom. The Kier molecular flexibility index (Phi) is 5.80. The smallest absolute Gasteiger partial charge is 0.272 e. The summed E-state index contributed by atoms with van der Waals surface area (Å²) < 4.78 is 33.7. The van der Waals surface area contributed by atoms with E-state index in [1.54, 1.807) is 10.8 Å². The minimum atomic E-state index is -0.707. The van der Waals surface area contributed by atoms with E-state index >= 15 is 0 Å². The lowest BCUT2D eigenvalue weighted by molar-refractivity contribution is 0.278. The average molecular weight is 405 g/mol. The lowest BCUT2D eigenvalue weighted by Crippen LogP contribution is -2.26.